The Morgan fingerprint density at radius 3 is 2.00 bits per heavy atom. The maximum atomic E-state index is 8.77. The fourth-order valence-electron chi connectivity index (χ4n) is 0.158. The van der Waals surface area contributed by atoms with Crippen molar-refractivity contribution in [1.29, 1.82) is 0 Å². The van der Waals surface area contributed by atoms with Crippen molar-refractivity contribution < 1.29 is 14.3 Å². The van der Waals surface area contributed by atoms with Crippen LogP contribution < -0.4 is 0 Å². The van der Waals surface area contributed by atoms with E-state index in [9.17, 15) is 0 Å². The number of aliphatic hydroxyl groups is 1. The fraction of sp³-hybridized carbons (Fsp3) is 1.00. The summed E-state index contributed by atoms with van der Waals surface area (Å²) in [6.45, 7) is 2.79. The van der Waals surface area contributed by atoms with Crippen LogP contribution >= 0.6 is 0 Å². The van der Waals surface area contributed by atoms with Crippen LogP contribution in [0.1, 0.15) is 0 Å². The predicted octanol–water partition coefficient (Wildman–Crippen LogP) is -0.353. The van der Waals surface area contributed by atoms with Gasteiger partial charge in [-0.25, -0.2) is 0 Å². The zero-order valence-corrected chi connectivity index (χ0v) is 5.51. The summed E-state index contributed by atoms with van der Waals surface area (Å²) in [5.74, 6) is 0. The van der Waals surface area contributed by atoms with E-state index in [0.717, 1.165) is 0 Å². The van der Waals surface area contributed by atoms with E-state index in [1.807, 2.05) is 0 Å². The smallest absolute Gasteiger partial charge is 0.330 e. The lowest BCUT2D eigenvalue weighted by atomic mass is 11.6. The van der Waals surface area contributed by atoms with Crippen LogP contribution in [-0.4, -0.2) is 25.3 Å². The molecule has 0 saturated heterocycles. The number of hydrogen-bond acceptors (Lipinski definition) is 3. The Labute approximate surface area is 43.8 Å². The molecule has 3 nitrogen and oxygen atoms in total. The van der Waals surface area contributed by atoms with Crippen LogP contribution in [0.4, 0.5) is 0 Å². The molecule has 0 aliphatic heterocycles. The zero-order valence-electron chi connectivity index (χ0n) is 4.51. The van der Waals surface area contributed by atoms with Crippen molar-refractivity contribution >= 4 is 8.56 Å². The average molecular weight is 122 g/mol. The van der Waals surface area contributed by atoms with E-state index in [1.165, 1.54) is 0 Å². The number of rotatable bonds is 2. The molecule has 0 rings (SSSR count). The van der Waals surface area contributed by atoms with E-state index in [4.69, 9.17) is 9.90 Å². The summed E-state index contributed by atoms with van der Waals surface area (Å²) in [7, 11) is -2.41. The molecule has 44 valence electrons. The number of aliphatic hydroxyl groups excluding tert-OH is 1. The van der Waals surface area contributed by atoms with Gasteiger partial charge in [0, 0.05) is 0 Å². The van der Waals surface area contributed by atoms with Gasteiger partial charge in [-0.2, -0.15) is 0 Å². The van der Waals surface area contributed by atoms with Crippen LogP contribution in [0.25, 0.3) is 0 Å². The minimum absolute atomic E-state index is 0.379. The molecule has 7 heavy (non-hydrogen) atoms. The van der Waals surface area contributed by atoms with E-state index in [-0.39, 0.29) is 6.79 Å². The molecule has 0 saturated carbocycles. The SMILES string of the molecule is C[Si](C)(O)OCO. The fourth-order valence-corrected chi connectivity index (χ4v) is 0.474. The summed E-state index contributed by atoms with van der Waals surface area (Å²) in [4.78, 5) is 8.77. The Morgan fingerprint density at radius 1 is 1.57 bits per heavy atom. The third kappa shape index (κ3) is 6.10. The Kier molecular flexibility index (Phi) is 2.45. The van der Waals surface area contributed by atoms with Gasteiger partial charge in [0.05, 0.1) is 0 Å². The van der Waals surface area contributed by atoms with Crippen LogP contribution in [0, 0.1) is 0 Å². The van der Waals surface area contributed by atoms with E-state index in [2.05, 4.69) is 4.43 Å². The molecule has 0 aromatic rings. The third-order valence-electron chi connectivity index (χ3n) is 0.418. The summed E-state index contributed by atoms with van der Waals surface area (Å²) >= 11 is 0. The average Bonchev–Trinajstić information content (AvgIpc) is 1.30. The summed E-state index contributed by atoms with van der Waals surface area (Å²) < 4.78 is 4.48. The molecule has 0 atom stereocenters. The minimum Gasteiger partial charge on any atom is -0.411 e. The maximum Gasteiger partial charge on any atom is 0.330 e. The molecule has 0 aromatic heterocycles. The van der Waals surface area contributed by atoms with Gasteiger partial charge in [0.2, 0.25) is 0 Å². The van der Waals surface area contributed by atoms with Gasteiger partial charge in [-0.15, -0.1) is 0 Å². The van der Waals surface area contributed by atoms with Crippen LogP contribution in [-0.2, 0) is 4.43 Å². The second kappa shape index (κ2) is 2.42. The van der Waals surface area contributed by atoms with Crippen molar-refractivity contribution in [2.24, 2.45) is 0 Å². The van der Waals surface area contributed by atoms with Crippen molar-refractivity contribution in [3.05, 3.63) is 0 Å². The first-order chi connectivity index (χ1) is 3.06. The van der Waals surface area contributed by atoms with E-state index in [1.54, 1.807) is 13.1 Å². The van der Waals surface area contributed by atoms with Crippen molar-refractivity contribution in [3.8, 4) is 0 Å². The lowest BCUT2D eigenvalue weighted by molar-refractivity contribution is 0.0711. The van der Waals surface area contributed by atoms with Crippen LogP contribution in [0.5, 0.6) is 0 Å². The van der Waals surface area contributed by atoms with Gasteiger partial charge in [-0.3, -0.25) is 0 Å². The Morgan fingerprint density at radius 2 is 2.00 bits per heavy atom. The molecular weight excluding hydrogens is 112 g/mol. The molecule has 0 fully saturated rings. The third-order valence-corrected chi connectivity index (χ3v) is 1.25. The summed E-state index contributed by atoms with van der Waals surface area (Å²) in [6, 6.07) is 0. The van der Waals surface area contributed by atoms with Gasteiger partial charge in [-0.1, -0.05) is 0 Å². The molecule has 4 heteroatoms. The minimum atomic E-state index is -2.41. The molecule has 0 heterocycles. The van der Waals surface area contributed by atoms with Crippen LogP contribution in [0.2, 0.25) is 13.1 Å². The molecule has 0 aliphatic rings. The van der Waals surface area contributed by atoms with E-state index >= 15 is 0 Å². The molecule has 0 spiro atoms. The highest BCUT2D eigenvalue weighted by Crippen LogP contribution is 1.94. The van der Waals surface area contributed by atoms with E-state index < -0.39 is 8.56 Å². The molecule has 0 unspecified atom stereocenters. The second-order valence-corrected chi connectivity index (χ2v) is 4.90. The highest BCUT2D eigenvalue weighted by atomic mass is 28.4. The lowest BCUT2D eigenvalue weighted by Crippen LogP contribution is -2.30. The van der Waals surface area contributed by atoms with Gasteiger partial charge >= 0.3 is 8.56 Å². The topological polar surface area (TPSA) is 49.7 Å². The van der Waals surface area contributed by atoms with Crippen LogP contribution in [0.15, 0.2) is 0 Å². The summed E-state index contributed by atoms with van der Waals surface area (Å²) in [6.07, 6.45) is 0. The van der Waals surface area contributed by atoms with Gasteiger partial charge < -0.3 is 14.3 Å². The van der Waals surface area contributed by atoms with Crippen LogP contribution in [0.3, 0.4) is 0 Å². The van der Waals surface area contributed by atoms with Gasteiger partial charge in [0.25, 0.3) is 0 Å². The van der Waals surface area contributed by atoms with Crippen molar-refractivity contribution in [2.45, 2.75) is 13.1 Å². The number of hydrogen-bond donors (Lipinski definition) is 2. The normalized spacial score (nSPS) is 12.0. The van der Waals surface area contributed by atoms with Crippen molar-refractivity contribution in [1.82, 2.24) is 0 Å². The monoisotopic (exact) mass is 122 g/mol. The molecule has 0 aliphatic carbocycles. The highest BCUT2D eigenvalue weighted by Gasteiger charge is 2.16. The zero-order chi connectivity index (χ0) is 5.91. The molecule has 0 radical (unpaired) electrons. The maximum absolute atomic E-state index is 8.77. The molecular formula is C3H10O3Si. The summed E-state index contributed by atoms with van der Waals surface area (Å²) in [5, 5.41) is 8.05. The first-order valence-corrected chi connectivity index (χ1v) is 4.89. The second-order valence-electron chi connectivity index (χ2n) is 1.72. The molecule has 0 bridgehead atoms. The Balaban J connectivity index is 3.15. The van der Waals surface area contributed by atoms with Gasteiger partial charge in [0.1, 0.15) is 6.79 Å². The standard InChI is InChI=1S/C3H10O3Si/c1-7(2,5)6-3-4/h4-5H,3H2,1-2H3. The van der Waals surface area contributed by atoms with Gasteiger partial charge in [-0.05, 0) is 13.1 Å². The van der Waals surface area contributed by atoms with Crippen molar-refractivity contribution in [3.63, 3.8) is 0 Å². The van der Waals surface area contributed by atoms with Crippen molar-refractivity contribution in [2.75, 3.05) is 6.79 Å². The predicted molar refractivity (Wildman–Crippen MR) is 27.9 cm³/mol. The molecule has 0 amide bonds. The first kappa shape index (κ1) is 7.10. The molecule has 0 aromatic carbocycles. The van der Waals surface area contributed by atoms with E-state index in [0.29, 0.717) is 0 Å². The summed E-state index contributed by atoms with van der Waals surface area (Å²) in [5.41, 5.74) is 0. The highest BCUT2D eigenvalue weighted by molar-refractivity contribution is 6.63. The first-order valence-electron chi connectivity index (χ1n) is 2.03. The Hall–Kier alpha value is 0.0969. The quantitative estimate of drug-likeness (QED) is 0.388. The Bertz CT molecular complexity index is 48.6. The largest absolute Gasteiger partial charge is 0.411 e. The molecule has 2 N–H and O–H groups in total. The van der Waals surface area contributed by atoms with Gasteiger partial charge in [0.15, 0.2) is 0 Å². The lowest BCUT2D eigenvalue weighted by Gasteiger charge is -2.10.